The number of hydrogen-bond acceptors (Lipinski definition) is 2. The normalized spacial score (nSPS) is 12.1. The molecule has 0 spiro atoms. The lowest BCUT2D eigenvalue weighted by Gasteiger charge is -2.11. The van der Waals surface area contributed by atoms with Crippen molar-refractivity contribution in [3.05, 3.63) is 29.3 Å². The van der Waals surface area contributed by atoms with E-state index in [1.54, 1.807) is 12.1 Å². The third-order valence-electron chi connectivity index (χ3n) is 1.83. The van der Waals surface area contributed by atoms with Gasteiger partial charge in [0.05, 0.1) is 12.4 Å². The quantitative estimate of drug-likeness (QED) is 0.594. The average Bonchev–Trinajstić information content (AvgIpc) is 2.14. The Hall–Kier alpha value is -1.22. The summed E-state index contributed by atoms with van der Waals surface area (Å²) in [4.78, 5) is 0. The molecule has 0 aliphatic heterocycles. The lowest BCUT2D eigenvalue weighted by molar-refractivity contribution is 0.292. The van der Waals surface area contributed by atoms with E-state index in [9.17, 15) is 0 Å². The van der Waals surface area contributed by atoms with Crippen molar-refractivity contribution in [1.29, 1.82) is 5.41 Å². The maximum absolute atomic E-state index is 7.18. The number of ether oxygens (including phenoxy) is 1. The van der Waals surface area contributed by atoms with Gasteiger partial charge in [-0.25, -0.2) is 0 Å². The van der Waals surface area contributed by atoms with Crippen molar-refractivity contribution in [2.75, 3.05) is 6.61 Å². The largest absolute Gasteiger partial charge is 0.493 e. The monoisotopic (exact) mass is 212 g/mol. The first kappa shape index (κ1) is 10.9. The summed E-state index contributed by atoms with van der Waals surface area (Å²) in [6.45, 7) is 2.24. The highest BCUT2D eigenvalue weighted by molar-refractivity contribution is 6.30. The molecule has 1 rings (SSSR count). The number of nitrogens with two attached hydrogens (primary N) is 1. The molecular formula is C10H13ClN2O. The number of halogens is 1. The molecule has 0 aliphatic carbocycles. The van der Waals surface area contributed by atoms with E-state index in [2.05, 4.69) is 0 Å². The predicted molar refractivity (Wildman–Crippen MR) is 58.0 cm³/mol. The van der Waals surface area contributed by atoms with Crippen LogP contribution in [0.3, 0.4) is 0 Å². The van der Waals surface area contributed by atoms with Crippen LogP contribution in [0.2, 0.25) is 5.02 Å². The first-order valence-electron chi connectivity index (χ1n) is 4.32. The van der Waals surface area contributed by atoms with Crippen molar-refractivity contribution < 1.29 is 4.74 Å². The summed E-state index contributed by atoms with van der Waals surface area (Å²) in [5, 5.41) is 7.82. The Labute approximate surface area is 88.3 Å². The van der Waals surface area contributed by atoms with Crippen LogP contribution in [0.4, 0.5) is 0 Å². The molecule has 0 saturated heterocycles. The van der Waals surface area contributed by atoms with Crippen LogP contribution in [-0.2, 0) is 0 Å². The smallest absolute Gasteiger partial charge is 0.120 e. The second-order valence-corrected chi connectivity index (χ2v) is 3.56. The molecule has 0 aromatic heterocycles. The minimum atomic E-state index is -0.0750. The minimum Gasteiger partial charge on any atom is -0.493 e. The highest BCUT2D eigenvalue weighted by atomic mass is 35.5. The van der Waals surface area contributed by atoms with Gasteiger partial charge in [0.1, 0.15) is 5.75 Å². The van der Waals surface area contributed by atoms with Crippen LogP contribution in [0, 0.1) is 11.3 Å². The van der Waals surface area contributed by atoms with E-state index in [-0.39, 0.29) is 11.8 Å². The van der Waals surface area contributed by atoms with Gasteiger partial charge in [-0.3, -0.25) is 5.41 Å². The van der Waals surface area contributed by atoms with Gasteiger partial charge >= 0.3 is 0 Å². The molecule has 0 radical (unpaired) electrons. The predicted octanol–water partition coefficient (Wildman–Crippen LogP) is 2.29. The molecule has 0 fully saturated rings. The number of nitrogens with one attached hydrogen (secondary N) is 1. The van der Waals surface area contributed by atoms with Gasteiger partial charge in [-0.2, -0.15) is 0 Å². The summed E-state index contributed by atoms with van der Waals surface area (Å²) in [5.74, 6) is 0.756. The standard InChI is InChI=1S/C10H13ClN2O/c1-7(10(12)13)6-14-9-4-2-3-8(11)5-9/h2-5,7H,6H2,1H3,(H3,12,13). The van der Waals surface area contributed by atoms with Gasteiger partial charge < -0.3 is 10.5 Å². The van der Waals surface area contributed by atoms with E-state index in [1.165, 1.54) is 0 Å². The van der Waals surface area contributed by atoms with Gasteiger partial charge in [0.25, 0.3) is 0 Å². The molecule has 4 heteroatoms. The Kier molecular flexibility index (Phi) is 3.77. The van der Waals surface area contributed by atoms with Crippen LogP contribution in [0.25, 0.3) is 0 Å². The molecule has 0 aliphatic rings. The molecule has 1 aromatic carbocycles. The first-order chi connectivity index (χ1) is 6.59. The molecular weight excluding hydrogens is 200 g/mol. The molecule has 0 heterocycles. The van der Waals surface area contributed by atoms with Gasteiger partial charge in [-0.05, 0) is 18.2 Å². The highest BCUT2D eigenvalue weighted by Crippen LogP contribution is 2.17. The van der Waals surface area contributed by atoms with E-state index in [0.717, 1.165) is 0 Å². The van der Waals surface area contributed by atoms with Crippen LogP contribution >= 0.6 is 11.6 Å². The van der Waals surface area contributed by atoms with Crippen molar-refractivity contribution >= 4 is 17.4 Å². The Morgan fingerprint density at radius 2 is 2.36 bits per heavy atom. The van der Waals surface area contributed by atoms with Crippen LogP contribution in [0.15, 0.2) is 24.3 Å². The van der Waals surface area contributed by atoms with Gasteiger partial charge in [0, 0.05) is 10.9 Å². The lowest BCUT2D eigenvalue weighted by Crippen LogP contribution is -2.25. The Balaban J connectivity index is 2.49. The summed E-state index contributed by atoms with van der Waals surface area (Å²) in [6.07, 6.45) is 0. The van der Waals surface area contributed by atoms with Gasteiger partial charge in [0.15, 0.2) is 0 Å². The van der Waals surface area contributed by atoms with E-state index in [4.69, 9.17) is 27.5 Å². The van der Waals surface area contributed by atoms with Gasteiger partial charge in [-0.1, -0.05) is 24.6 Å². The fourth-order valence-corrected chi connectivity index (χ4v) is 1.05. The van der Waals surface area contributed by atoms with Crippen molar-refractivity contribution in [2.45, 2.75) is 6.92 Å². The van der Waals surface area contributed by atoms with Crippen molar-refractivity contribution in [3.8, 4) is 5.75 Å². The summed E-state index contributed by atoms with van der Waals surface area (Å²) in [7, 11) is 0. The Bertz CT molecular complexity index is 328. The fraction of sp³-hybridized carbons (Fsp3) is 0.300. The third kappa shape index (κ3) is 3.26. The van der Waals surface area contributed by atoms with Crippen molar-refractivity contribution in [3.63, 3.8) is 0 Å². The molecule has 0 amide bonds. The van der Waals surface area contributed by atoms with Crippen LogP contribution in [0.5, 0.6) is 5.75 Å². The summed E-state index contributed by atoms with van der Waals surface area (Å²) in [5.41, 5.74) is 5.31. The molecule has 1 unspecified atom stereocenters. The molecule has 0 saturated carbocycles. The molecule has 76 valence electrons. The average molecular weight is 213 g/mol. The maximum Gasteiger partial charge on any atom is 0.120 e. The zero-order valence-corrected chi connectivity index (χ0v) is 8.71. The maximum atomic E-state index is 7.18. The zero-order valence-electron chi connectivity index (χ0n) is 7.96. The topological polar surface area (TPSA) is 59.1 Å². The fourth-order valence-electron chi connectivity index (χ4n) is 0.868. The van der Waals surface area contributed by atoms with E-state index in [0.29, 0.717) is 17.4 Å². The van der Waals surface area contributed by atoms with E-state index in [1.807, 2.05) is 19.1 Å². The number of amidine groups is 1. The second kappa shape index (κ2) is 4.86. The lowest BCUT2D eigenvalue weighted by atomic mass is 10.2. The third-order valence-corrected chi connectivity index (χ3v) is 2.06. The van der Waals surface area contributed by atoms with Gasteiger partial charge in [-0.15, -0.1) is 0 Å². The zero-order chi connectivity index (χ0) is 10.6. The highest BCUT2D eigenvalue weighted by Gasteiger charge is 2.05. The minimum absolute atomic E-state index is 0.0750. The van der Waals surface area contributed by atoms with E-state index < -0.39 is 0 Å². The molecule has 14 heavy (non-hydrogen) atoms. The van der Waals surface area contributed by atoms with Crippen LogP contribution in [0.1, 0.15) is 6.92 Å². The number of hydrogen-bond donors (Lipinski definition) is 2. The summed E-state index contributed by atoms with van der Waals surface area (Å²) in [6, 6.07) is 7.14. The van der Waals surface area contributed by atoms with Gasteiger partial charge in [0.2, 0.25) is 0 Å². The molecule has 1 atom stereocenters. The first-order valence-corrected chi connectivity index (χ1v) is 4.69. The van der Waals surface area contributed by atoms with E-state index >= 15 is 0 Å². The SMILES string of the molecule is CC(COc1cccc(Cl)c1)C(=N)N. The summed E-state index contributed by atoms with van der Waals surface area (Å²) >= 11 is 5.78. The van der Waals surface area contributed by atoms with Crippen molar-refractivity contribution in [2.24, 2.45) is 11.7 Å². The van der Waals surface area contributed by atoms with Crippen LogP contribution in [-0.4, -0.2) is 12.4 Å². The second-order valence-electron chi connectivity index (χ2n) is 3.12. The molecule has 3 nitrogen and oxygen atoms in total. The molecule has 1 aromatic rings. The Morgan fingerprint density at radius 3 is 2.93 bits per heavy atom. The summed E-state index contributed by atoms with van der Waals surface area (Å²) < 4.78 is 5.40. The van der Waals surface area contributed by atoms with Crippen molar-refractivity contribution in [1.82, 2.24) is 0 Å². The molecule has 3 N–H and O–H groups in total. The number of rotatable bonds is 4. The Morgan fingerprint density at radius 1 is 1.64 bits per heavy atom. The molecule has 0 bridgehead atoms. The van der Waals surface area contributed by atoms with Crippen LogP contribution < -0.4 is 10.5 Å². The number of benzene rings is 1.